The zero-order chi connectivity index (χ0) is 15.9. The highest BCUT2D eigenvalue weighted by Gasteiger charge is 2.09. The predicted octanol–water partition coefficient (Wildman–Crippen LogP) is 3.66. The van der Waals surface area contributed by atoms with Gasteiger partial charge in [-0.1, -0.05) is 30.3 Å². The zero-order valence-electron chi connectivity index (χ0n) is 12.9. The van der Waals surface area contributed by atoms with Crippen LogP contribution in [0, 0.1) is 6.92 Å². The summed E-state index contributed by atoms with van der Waals surface area (Å²) in [5.74, 6) is 1.02. The first-order valence-corrected chi connectivity index (χ1v) is 6.90. The lowest BCUT2D eigenvalue weighted by Crippen LogP contribution is -2.09. The van der Waals surface area contributed by atoms with Crippen LogP contribution in [0.3, 0.4) is 0 Å². The van der Waals surface area contributed by atoms with Gasteiger partial charge in [0.15, 0.2) is 11.5 Å². The Morgan fingerprint density at radius 1 is 1.05 bits per heavy atom. The predicted molar refractivity (Wildman–Crippen MR) is 88.4 cm³/mol. The van der Waals surface area contributed by atoms with E-state index in [-0.39, 0.29) is 5.91 Å². The summed E-state index contributed by atoms with van der Waals surface area (Å²) >= 11 is 0. The first-order chi connectivity index (χ1) is 10.6. The number of amides is 1. The number of carbonyl (C=O) groups is 1. The number of anilines is 1. The highest BCUT2D eigenvalue weighted by molar-refractivity contribution is 6.02. The van der Waals surface area contributed by atoms with Crippen LogP contribution in [0.5, 0.6) is 11.5 Å². The lowest BCUT2D eigenvalue weighted by molar-refractivity contribution is -0.111. The average molecular weight is 297 g/mol. The maximum absolute atomic E-state index is 12.0. The minimum absolute atomic E-state index is 0.195. The lowest BCUT2D eigenvalue weighted by Gasteiger charge is -2.12. The molecule has 0 radical (unpaired) electrons. The Hall–Kier alpha value is -2.75. The van der Waals surface area contributed by atoms with E-state index in [1.165, 1.54) is 6.08 Å². The van der Waals surface area contributed by atoms with Crippen molar-refractivity contribution in [3.05, 3.63) is 59.7 Å². The number of rotatable bonds is 5. The normalized spacial score (nSPS) is 10.5. The Morgan fingerprint density at radius 3 is 2.32 bits per heavy atom. The van der Waals surface area contributed by atoms with Crippen molar-refractivity contribution in [3.63, 3.8) is 0 Å². The van der Waals surface area contributed by atoms with E-state index in [0.29, 0.717) is 17.2 Å². The molecule has 4 heteroatoms. The fourth-order valence-electron chi connectivity index (χ4n) is 2.03. The summed E-state index contributed by atoms with van der Waals surface area (Å²) in [5.41, 5.74) is 2.57. The van der Waals surface area contributed by atoms with Gasteiger partial charge in [0.2, 0.25) is 5.91 Å². The largest absolute Gasteiger partial charge is 0.493 e. The van der Waals surface area contributed by atoms with Crippen molar-refractivity contribution < 1.29 is 14.3 Å². The van der Waals surface area contributed by atoms with E-state index in [2.05, 4.69) is 5.32 Å². The number of aryl methyl sites for hydroxylation is 1. The molecule has 0 atom stereocenters. The number of hydrogen-bond donors (Lipinski definition) is 1. The van der Waals surface area contributed by atoms with Gasteiger partial charge in [-0.05, 0) is 30.2 Å². The molecule has 0 aromatic heterocycles. The maximum atomic E-state index is 12.0. The molecule has 0 aliphatic rings. The molecule has 1 N–H and O–H groups in total. The molecule has 0 aliphatic heterocycles. The van der Waals surface area contributed by atoms with Crippen LogP contribution in [0.25, 0.3) is 6.08 Å². The van der Waals surface area contributed by atoms with Crippen LogP contribution in [-0.4, -0.2) is 20.1 Å². The van der Waals surface area contributed by atoms with Crippen LogP contribution in [0.2, 0.25) is 0 Å². The Kier molecular flexibility index (Phi) is 5.20. The molecule has 0 heterocycles. The van der Waals surface area contributed by atoms with Crippen LogP contribution in [-0.2, 0) is 4.79 Å². The van der Waals surface area contributed by atoms with E-state index in [4.69, 9.17) is 9.47 Å². The second-order valence-corrected chi connectivity index (χ2v) is 4.76. The van der Waals surface area contributed by atoms with Gasteiger partial charge in [0, 0.05) is 17.8 Å². The molecule has 0 saturated heterocycles. The summed E-state index contributed by atoms with van der Waals surface area (Å²) in [6.45, 7) is 1.90. The fourth-order valence-corrected chi connectivity index (χ4v) is 2.03. The molecule has 0 aliphatic carbocycles. The Morgan fingerprint density at radius 2 is 1.68 bits per heavy atom. The van der Waals surface area contributed by atoms with Gasteiger partial charge in [-0.3, -0.25) is 4.79 Å². The van der Waals surface area contributed by atoms with E-state index in [1.807, 2.05) is 43.3 Å². The molecule has 0 unspecified atom stereocenters. The topological polar surface area (TPSA) is 47.6 Å². The van der Waals surface area contributed by atoms with Crippen molar-refractivity contribution in [1.29, 1.82) is 0 Å². The summed E-state index contributed by atoms with van der Waals surface area (Å²) in [6, 6.07) is 13.2. The summed E-state index contributed by atoms with van der Waals surface area (Å²) in [6.07, 6.45) is 3.27. The number of ether oxygens (including phenoxy) is 2. The summed E-state index contributed by atoms with van der Waals surface area (Å²) in [5, 5.41) is 2.85. The molecule has 0 saturated carbocycles. The molecule has 4 nitrogen and oxygen atoms in total. The van der Waals surface area contributed by atoms with Gasteiger partial charge in [-0.15, -0.1) is 0 Å². The standard InChI is InChI=1S/C18H19NO3/c1-13-11-16(21-2)17(22-3)12-15(13)19-18(20)10-9-14-7-5-4-6-8-14/h4-12H,1-3H3,(H,19,20)/b10-9+. The Balaban J connectivity index is 2.13. The van der Waals surface area contributed by atoms with Gasteiger partial charge in [-0.25, -0.2) is 0 Å². The minimum Gasteiger partial charge on any atom is -0.493 e. The quantitative estimate of drug-likeness (QED) is 0.857. The third-order valence-electron chi connectivity index (χ3n) is 3.22. The highest BCUT2D eigenvalue weighted by Crippen LogP contribution is 2.32. The number of hydrogen-bond acceptors (Lipinski definition) is 3. The Bertz CT molecular complexity index is 678. The summed E-state index contributed by atoms with van der Waals surface area (Å²) in [7, 11) is 3.15. The van der Waals surface area contributed by atoms with Crippen LogP contribution in [0.4, 0.5) is 5.69 Å². The van der Waals surface area contributed by atoms with Crippen molar-refractivity contribution in [1.82, 2.24) is 0 Å². The van der Waals surface area contributed by atoms with Gasteiger partial charge >= 0.3 is 0 Å². The van der Waals surface area contributed by atoms with Gasteiger partial charge in [0.1, 0.15) is 0 Å². The lowest BCUT2D eigenvalue weighted by atomic mass is 10.1. The molecule has 2 aromatic rings. The van der Waals surface area contributed by atoms with E-state index in [1.54, 1.807) is 26.4 Å². The first kappa shape index (κ1) is 15.6. The fraction of sp³-hybridized carbons (Fsp3) is 0.167. The smallest absolute Gasteiger partial charge is 0.248 e. The zero-order valence-corrected chi connectivity index (χ0v) is 12.9. The first-order valence-electron chi connectivity index (χ1n) is 6.90. The second-order valence-electron chi connectivity index (χ2n) is 4.76. The number of carbonyl (C=O) groups excluding carboxylic acids is 1. The maximum Gasteiger partial charge on any atom is 0.248 e. The van der Waals surface area contributed by atoms with Crippen LogP contribution in [0.1, 0.15) is 11.1 Å². The molecule has 2 aromatic carbocycles. The van der Waals surface area contributed by atoms with E-state index in [9.17, 15) is 4.79 Å². The van der Waals surface area contributed by atoms with Gasteiger partial charge in [-0.2, -0.15) is 0 Å². The van der Waals surface area contributed by atoms with Gasteiger partial charge in [0.05, 0.1) is 14.2 Å². The van der Waals surface area contributed by atoms with Crippen molar-refractivity contribution in [2.24, 2.45) is 0 Å². The monoisotopic (exact) mass is 297 g/mol. The number of methoxy groups -OCH3 is 2. The minimum atomic E-state index is -0.195. The second kappa shape index (κ2) is 7.31. The molecule has 2 rings (SSSR count). The molecule has 22 heavy (non-hydrogen) atoms. The molecular formula is C18H19NO3. The van der Waals surface area contributed by atoms with Crippen LogP contribution >= 0.6 is 0 Å². The van der Waals surface area contributed by atoms with E-state index >= 15 is 0 Å². The highest BCUT2D eigenvalue weighted by atomic mass is 16.5. The van der Waals surface area contributed by atoms with Gasteiger partial charge in [0.25, 0.3) is 0 Å². The summed E-state index contributed by atoms with van der Waals surface area (Å²) < 4.78 is 10.5. The molecular weight excluding hydrogens is 278 g/mol. The number of nitrogens with one attached hydrogen (secondary N) is 1. The molecule has 114 valence electrons. The summed E-state index contributed by atoms with van der Waals surface area (Å²) in [4.78, 5) is 12.0. The third-order valence-corrected chi connectivity index (χ3v) is 3.22. The average Bonchev–Trinajstić information content (AvgIpc) is 2.55. The van der Waals surface area contributed by atoms with Crippen LogP contribution in [0.15, 0.2) is 48.5 Å². The molecule has 0 fully saturated rings. The van der Waals surface area contributed by atoms with Crippen LogP contribution < -0.4 is 14.8 Å². The van der Waals surface area contributed by atoms with Crippen molar-refractivity contribution in [3.8, 4) is 11.5 Å². The third kappa shape index (κ3) is 3.88. The SMILES string of the molecule is COc1cc(C)c(NC(=O)/C=C/c2ccccc2)cc1OC. The molecule has 0 bridgehead atoms. The number of benzene rings is 2. The van der Waals surface area contributed by atoms with Crippen molar-refractivity contribution in [2.75, 3.05) is 19.5 Å². The van der Waals surface area contributed by atoms with Crippen molar-refractivity contribution >= 4 is 17.7 Å². The van der Waals surface area contributed by atoms with Gasteiger partial charge < -0.3 is 14.8 Å². The van der Waals surface area contributed by atoms with Crippen molar-refractivity contribution in [2.45, 2.75) is 6.92 Å². The van der Waals surface area contributed by atoms with E-state index < -0.39 is 0 Å². The Labute approximate surface area is 130 Å². The molecule has 0 spiro atoms. The molecule has 1 amide bonds. The van der Waals surface area contributed by atoms with E-state index in [0.717, 1.165) is 11.1 Å².